The summed E-state index contributed by atoms with van der Waals surface area (Å²) in [7, 11) is 0. The molecule has 4 heteroatoms. The fourth-order valence-corrected chi connectivity index (χ4v) is 3.68. The third-order valence-electron chi connectivity index (χ3n) is 4.85. The Balaban J connectivity index is 2.33. The van der Waals surface area contributed by atoms with E-state index in [4.69, 9.17) is 4.74 Å². The monoisotopic (exact) mass is 254 g/mol. The molecule has 0 bridgehead atoms. The van der Waals surface area contributed by atoms with Crippen molar-refractivity contribution in [2.45, 2.75) is 58.0 Å². The lowest BCUT2D eigenvalue weighted by Gasteiger charge is -2.53. The number of aliphatic hydroxyl groups is 1. The van der Waals surface area contributed by atoms with E-state index in [1.165, 1.54) is 0 Å². The lowest BCUT2D eigenvalue weighted by molar-refractivity contribution is -0.194. The summed E-state index contributed by atoms with van der Waals surface area (Å²) in [6, 6.07) is 0. The van der Waals surface area contributed by atoms with Crippen molar-refractivity contribution in [1.82, 2.24) is 0 Å². The largest absolute Gasteiger partial charge is 0.466 e. The van der Waals surface area contributed by atoms with Crippen LogP contribution >= 0.6 is 0 Å². The van der Waals surface area contributed by atoms with Crippen LogP contribution in [0.1, 0.15) is 52.4 Å². The summed E-state index contributed by atoms with van der Waals surface area (Å²) in [5.41, 5.74) is -1.96. The van der Waals surface area contributed by atoms with Gasteiger partial charge in [-0.15, -0.1) is 0 Å². The predicted molar refractivity (Wildman–Crippen MR) is 65.9 cm³/mol. The first-order valence-corrected chi connectivity index (χ1v) is 6.88. The van der Waals surface area contributed by atoms with Gasteiger partial charge in [0, 0.05) is 6.42 Å². The van der Waals surface area contributed by atoms with E-state index in [0.717, 1.165) is 6.42 Å². The minimum Gasteiger partial charge on any atom is -0.466 e. The second-order valence-corrected chi connectivity index (χ2v) is 5.73. The number of rotatable bonds is 2. The molecule has 2 aliphatic rings. The third kappa shape index (κ3) is 1.78. The van der Waals surface area contributed by atoms with Gasteiger partial charge < -0.3 is 9.84 Å². The SMILES string of the molecule is CCOC(=O)[C@H]1CCC[C@@]2(C)C(=O)CCC[C@@]12O. The topological polar surface area (TPSA) is 63.6 Å². The zero-order valence-electron chi connectivity index (χ0n) is 11.2. The van der Waals surface area contributed by atoms with Crippen LogP contribution in [0.4, 0.5) is 0 Å². The van der Waals surface area contributed by atoms with Crippen LogP contribution in [-0.2, 0) is 14.3 Å². The van der Waals surface area contributed by atoms with Crippen molar-refractivity contribution in [3.8, 4) is 0 Å². The molecular weight excluding hydrogens is 232 g/mol. The van der Waals surface area contributed by atoms with E-state index in [-0.39, 0.29) is 11.8 Å². The molecule has 4 nitrogen and oxygen atoms in total. The summed E-state index contributed by atoms with van der Waals surface area (Å²) in [6.45, 7) is 3.89. The van der Waals surface area contributed by atoms with Crippen molar-refractivity contribution in [1.29, 1.82) is 0 Å². The van der Waals surface area contributed by atoms with Crippen molar-refractivity contribution in [2.75, 3.05) is 6.61 Å². The van der Waals surface area contributed by atoms with Crippen LogP contribution in [0.5, 0.6) is 0 Å². The van der Waals surface area contributed by atoms with Gasteiger partial charge in [0.05, 0.1) is 23.5 Å². The molecular formula is C14H22O4. The van der Waals surface area contributed by atoms with Crippen molar-refractivity contribution >= 4 is 11.8 Å². The Hall–Kier alpha value is -0.900. The minimum atomic E-state index is -1.20. The highest BCUT2D eigenvalue weighted by molar-refractivity contribution is 5.88. The zero-order valence-corrected chi connectivity index (χ0v) is 11.2. The van der Waals surface area contributed by atoms with Gasteiger partial charge in [0.1, 0.15) is 5.78 Å². The molecule has 0 spiro atoms. The predicted octanol–water partition coefficient (Wildman–Crippen LogP) is 1.84. The molecule has 0 heterocycles. The van der Waals surface area contributed by atoms with E-state index in [0.29, 0.717) is 38.7 Å². The number of carbonyl (C=O) groups is 2. The van der Waals surface area contributed by atoms with E-state index in [1.807, 2.05) is 6.92 Å². The van der Waals surface area contributed by atoms with Gasteiger partial charge in [0.25, 0.3) is 0 Å². The number of fused-ring (bicyclic) bond motifs is 1. The van der Waals surface area contributed by atoms with Crippen LogP contribution in [0.3, 0.4) is 0 Å². The number of ether oxygens (including phenoxy) is 1. The number of Topliss-reactive ketones (excluding diaryl/α,β-unsaturated/α-hetero) is 1. The first kappa shape index (κ1) is 13.5. The van der Waals surface area contributed by atoms with Gasteiger partial charge in [0.15, 0.2) is 0 Å². The second-order valence-electron chi connectivity index (χ2n) is 5.73. The number of hydrogen-bond acceptors (Lipinski definition) is 4. The highest BCUT2D eigenvalue weighted by Gasteiger charge is 2.61. The third-order valence-corrected chi connectivity index (χ3v) is 4.85. The molecule has 0 aromatic heterocycles. The Labute approximate surface area is 108 Å². The molecule has 0 unspecified atom stereocenters. The average Bonchev–Trinajstić information content (AvgIpc) is 2.31. The quantitative estimate of drug-likeness (QED) is 0.764. The maximum absolute atomic E-state index is 12.2. The van der Waals surface area contributed by atoms with E-state index in [9.17, 15) is 14.7 Å². The zero-order chi connectivity index (χ0) is 13.4. The van der Waals surface area contributed by atoms with E-state index >= 15 is 0 Å². The van der Waals surface area contributed by atoms with E-state index in [2.05, 4.69) is 0 Å². The Kier molecular flexibility index (Phi) is 3.49. The molecule has 102 valence electrons. The van der Waals surface area contributed by atoms with Gasteiger partial charge in [-0.2, -0.15) is 0 Å². The van der Waals surface area contributed by atoms with Crippen molar-refractivity contribution < 1.29 is 19.4 Å². The van der Waals surface area contributed by atoms with Crippen molar-refractivity contribution in [3.63, 3.8) is 0 Å². The van der Waals surface area contributed by atoms with Gasteiger partial charge in [-0.25, -0.2) is 0 Å². The summed E-state index contributed by atoms with van der Waals surface area (Å²) >= 11 is 0. The normalized spacial score (nSPS) is 40.2. The smallest absolute Gasteiger partial charge is 0.311 e. The number of esters is 1. The standard InChI is InChI=1S/C14H22O4/c1-3-18-12(16)10-6-4-8-13(2)11(15)7-5-9-14(10,13)17/h10,17H,3-9H2,1-2H3/t10-,13+,14-/m1/s1. The van der Waals surface area contributed by atoms with Crippen LogP contribution in [-0.4, -0.2) is 29.1 Å². The highest BCUT2D eigenvalue weighted by Crippen LogP contribution is 2.53. The summed E-state index contributed by atoms with van der Waals surface area (Å²) in [4.78, 5) is 24.2. The summed E-state index contributed by atoms with van der Waals surface area (Å²) < 4.78 is 5.07. The molecule has 3 atom stereocenters. The Morgan fingerprint density at radius 3 is 2.83 bits per heavy atom. The number of hydrogen-bond donors (Lipinski definition) is 1. The maximum atomic E-state index is 12.2. The first-order chi connectivity index (χ1) is 8.45. The molecule has 0 aromatic carbocycles. The number of carbonyl (C=O) groups excluding carboxylic acids is 2. The molecule has 0 aliphatic heterocycles. The van der Waals surface area contributed by atoms with E-state index in [1.54, 1.807) is 6.92 Å². The van der Waals surface area contributed by atoms with Crippen LogP contribution in [0.2, 0.25) is 0 Å². The van der Waals surface area contributed by atoms with Gasteiger partial charge in [0.2, 0.25) is 0 Å². The molecule has 18 heavy (non-hydrogen) atoms. The lowest BCUT2D eigenvalue weighted by atomic mass is 9.53. The molecule has 2 fully saturated rings. The Bertz CT molecular complexity index is 365. The Morgan fingerprint density at radius 2 is 2.17 bits per heavy atom. The van der Waals surface area contributed by atoms with E-state index < -0.39 is 16.9 Å². The van der Waals surface area contributed by atoms with Gasteiger partial charge in [-0.05, 0) is 39.5 Å². The summed E-state index contributed by atoms with van der Waals surface area (Å²) in [5, 5.41) is 11.0. The Morgan fingerprint density at radius 1 is 1.44 bits per heavy atom. The minimum absolute atomic E-state index is 0.102. The molecule has 1 N–H and O–H groups in total. The van der Waals surface area contributed by atoms with Crippen LogP contribution in [0, 0.1) is 11.3 Å². The molecule has 0 saturated heterocycles. The molecule has 0 aromatic rings. The summed E-state index contributed by atoms with van der Waals surface area (Å²) in [6.07, 6.45) is 3.82. The molecule has 0 radical (unpaired) electrons. The van der Waals surface area contributed by atoms with Crippen molar-refractivity contribution in [2.24, 2.45) is 11.3 Å². The first-order valence-electron chi connectivity index (χ1n) is 6.88. The average molecular weight is 254 g/mol. The fourth-order valence-electron chi connectivity index (χ4n) is 3.68. The second kappa shape index (κ2) is 4.65. The summed E-state index contributed by atoms with van der Waals surface area (Å²) in [5.74, 6) is -0.786. The van der Waals surface area contributed by atoms with Crippen LogP contribution in [0.25, 0.3) is 0 Å². The fraction of sp³-hybridized carbons (Fsp3) is 0.857. The molecule has 0 amide bonds. The van der Waals surface area contributed by atoms with Crippen LogP contribution < -0.4 is 0 Å². The van der Waals surface area contributed by atoms with Crippen molar-refractivity contribution in [3.05, 3.63) is 0 Å². The van der Waals surface area contributed by atoms with Crippen LogP contribution in [0.15, 0.2) is 0 Å². The molecule has 2 aliphatic carbocycles. The van der Waals surface area contributed by atoms with Gasteiger partial charge in [-0.1, -0.05) is 6.42 Å². The molecule has 2 rings (SSSR count). The maximum Gasteiger partial charge on any atom is 0.311 e. The lowest BCUT2D eigenvalue weighted by Crippen LogP contribution is -2.62. The number of ketones is 1. The van der Waals surface area contributed by atoms with Gasteiger partial charge >= 0.3 is 5.97 Å². The van der Waals surface area contributed by atoms with Gasteiger partial charge in [-0.3, -0.25) is 9.59 Å². The highest BCUT2D eigenvalue weighted by atomic mass is 16.5. The molecule has 2 saturated carbocycles.